The number of nitrogens with zero attached hydrogens (tertiary/aromatic N) is 2. The van der Waals surface area contributed by atoms with Crippen LogP contribution in [0.4, 0.5) is 0 Å². The number of carbonyl (C=O) groups excluding carboxylic acids is 1. The predicted octanol–water partition coefficient (Wildman–Crippen LogP) is 1.22. The molecule has 2 atom stereocenters. The molecule has 0 saturated heterocycles. The molecule has 0 aliphatic carbocycles. The number of aromatic nitrogens is 2. The molecule has 0 saturated carbocycles. The van der Waals surface area contributed by atoms with Gasteiger partial charge in [0.05, 0.1) is 10.9 Å². The van der Waals surface area contributed by atoms with E-state index in [4.69, 9.17) is 11.6 Å². The molecule has 0 aromatic carbocycles. The smallest absolute Gasteiger partial charge is 0.254 e. The first-order chi connectivity index (χ1) is 6.61. The van der Waals surface area contributed by atoms with Crippen LogP contribution in [0.2, 0.25) is 0 Å². The maximum absolute atomic E-state index is 11.5. The molecule has 4 nitrogen and oxygen atoms in total. The standard InChI is InChI=1S/C9H12ClN3O/c1-6(10)7(2)13-9(14)8-3-11-5-12-4-8/h3-7H,1-2H3,(H,13,14). The Labute approximate surface area is 87.7 Å². The molecule has 1 aromatic heterocycles. The van der Waals surface area contributed by atoms with Crippen molar-refractivity contribution in [3.8, 4) is 0 Å². The monoisotopic (exact) mass is 213 g/mol. The molecule has 0 bridgehead atoms. The Morgan fingerprint density at radius 2 is 2.00 bits per heavy atom. The van der Waals surface area contributed by atoms with Crippen LogP contribution in [0.1, 0.15) is 24.2 Å². The van der Waals surface area contributed by atoms with E-state index in [2.05, 4.69) is 15.3 Å². The number of hydrogen-bond acceptors (Lipinski definition) is 3. The van der Waals surface area contributed by atoms with Crippen LogP contribution < -0.4 is 5.32 Å². The van der Waals surface area contributed by atoms with Crippen molar-refractivity contribution in [2.75, 3.05) is 0 Å². The zero-order chi connectivity index (χ0) is 10.6. The van der Waals surface area contributed by atoms with Crippen molar-refractivity contribution in [1.29, 1.82) is 0 Å². The van der Waals surface area contributed by atoms with Gasteiger partial charge in [0.15, 0.2) is 0 Å². The third kappa shape index (κ3) is 2.96. The van der Waals surface area contributed by atoms with E-state index < -0.39 is 0 Å². The summed E-state index contributed by atoms with van der Waals surface area (Å²) in [6.07, 6.45) is 4.31. The minimum absolute atomic E-state index is 0.0793. The first-order valence-electron chi connectivity index (χ1n) is 4.31. The Balaban J connectivity index is 2.60. The summed E-state index contributed by atoms with van der Waals surface area (Å²) in [5.74, 6) is -0.203. The van der Waals surface area contributed by atoms with Crippen molar-refractivity contribution in [3.05, 3.63) is 24.3 Å². The molecule has 5 heteroatoms. The van der Waals surface area contributed by atoms with Crippen molar-refractivity contribution in [2.24, 2.45) is 0 Å². The van der Waals surface area contributed by atoms with Gasteiger partial charge in [0.25, 0.3) is 5.91 Å². The summed E-state index contributed by atoms with van der Waals surface area (Å²) in [5, 5.41) is 2.64. The van der Waals surface area contributed by atoms with E-state index in [-0.39, 0.29) is 17.3 Å². The van der Waals surface area contributed by atoms with Gasteiger partial charge in [-0.05, 0) is 13.8 Å². The number of carbonyl (C=O) groups is 1. The molecule has 2 unspecified atom stereocenters. The minimum Gasteiger partial charge on any atom is -0.348 e. The molecule has 1 aromatic rings. The minimum atomic E-state index is -0.203. The topological polar surface area (TPSA) is 54.9 Å². The Kier molecular flexibility index (Phi) is 3.83. The molecule has 0 radical (unpaired) electrons. The number of halogens is 1. The molecule has 1 rings (SSSR count). The van der Waals surface area contributed by atoms with E-state index in [0.29, 0.717) is 5.56 Å². The SMILES string of the molecule is CC(Cl)C(C)NC(=O)c1cncnc1. The van der Waals surface area contributed by atoms with Gasteiger partial charge in [-0.25, -0.2) is 9.97 Å². The number of nitrogens with one attached hydrogen (secondary N) is 1. The Morgan fingerprint density at radius 3 is 2.50 bits per heavy atom. The van der Waals surface area contributed by atoms with Crippen LogP contribution in [0, 0.1) is 0 Å². The quantitative estimate of drug-likeness (QED) is 0.769. The molecule has 0 fully saturated rings. The molecule has 1 heterocycles. The normalized spacial score (nSPS) is 14.5. The van der Waals surface area contributed by atoms with Gasteiger partial charge in [-0.1, -0.05) is 0 Å². The van der Waals surface area contributed by atoms with Gasteiger partial charge < -0.3 is 5.32 Å². The first-order valence-corrected chi connectivity index (χ1v) is 4.75. The number of alkyl halides is 1. The molecule has 0 spiro atoms. The van der Waals surface area contributed by atoms with Gasteiger partial charge in [-0.3, -0.25) is 4.79 Å². The molecular weight excluding hydrogens is 202 g/mol. The van der Waals surface area contributed by atoms with Crippen LogP contribution in [0.25, 0.3) is 0 Å². The summed E-state index contributed by atoms with van der Waals surface area (Å²) >= 11 is 5.81. The average Bonchev–Trinajstić information content (AvgIpc) is 2.19. The summed E-state index contributed by atoms with van der Waals surface area (Å²) in [6, 6.07) is -0.0793. The summed E-state index contributed by atoms with van der Waals surface area (Å²) in [4.78, 5) is 19.0. The molecule has 76 valence electrons. The first kappa shape index (κ1) is 10.9. The van der Waals surface area contributed by atoms with Crippen molar-refractivity contribution in [1.82, 2.24) is 15.3 Å². The van der Waals surface area contributed by atoms with Gasteiger partial charge in [-0.15, -0.1) is 11.6 Å². The second-order valence-electron chi connectivity index (χ2n) is 3.07. The highest BCUT2D eigenvalue weighted by molar-refractivity contribution is 6.21. The van der Waals surface area contributed by atoms with E-state index in [1.54, 1.807) is 0 Å². The van der Waals surface area contributed by atoms with Crippen LogP contribution in [0.5, 0.6) is 0 Å². The Morgan fingerprint density at radius 1 is 1.43 bits per heavy atom. The van der Waals surface area contributed by atoms with Crippen LogP contribution in [0.3, 0.4) is 0 Å². The molecule has 0 aliphatic heterocycles. The van der Waals surface area contributed by atoms with Crippen molar-refractivity contribution >= 4 is 17.5 Å². The summed E-state index contributed by atoms with van der Waals surface area (Å²) < 4.78 is 0. The highest BCUT2D eigenvalue weighted by atomic mass is 35.5. The lowest BCUT2D eigenvalue weighted by Crippen LogP contribution is -2.37. The summed E-state index contributed by atoms with van der Waals surface area (Å²) in [6.45, 7) is 3.67. The largest absolute Gasteiger partial charge is 0.348 e. The van der Waals surface area contributed by atoms with Crippen LogP contribution in [-0.2, 0) is 0 Å². The third-order valence-electron chi connectivity index (χ3n) is 1.87. The van der Waals surface area contributed by atoms with E-state index in [9.17, 15) is 4.79 Å². The van der Waals surface area contributed by atoms with Crippen molar-refractivity contribution in [2.45, 2.75) is 25.3 Å². The highest BCUT2D eigenvalue weighted by Gasteiger charge is 2.13. The van der Waals surface area contributed by atoms with E-state index in [1.165, 1.54) is 18.7 Å². The Hall–Kier alpha value is -1.16. The lowest BCUT2D eigenvalue weighted by Gasteiger charge is -2.15. The fourth-order valence-electron chi connectivity index (χ4n) is 0.821. The maximum atomic E-state index is 11.5. The van der Waals surface area contributed by atoms with Gasteiger partial charge in [0.2, 0.25) is 0 Å². The van der Waals surface area contributed by atoms with E-state index >= 15 is 0 Å². The highest BCUT2D eigenvalue weighted by Crippen LogP contribution is 2.02. The third-order valence-corrected chi connectivity index (χ3v) is 2.25. The predicted molar refractivity (Wildman–Crippen MR) is 54.3 cm³/mol. The maximum Gasteiger partial charge on any atom is 0.254 e. The average molecular weight is 214 g/mol. The van der Waals surface area contributed by atoms with Gasteiger partial charge >= 0.3 is 0 Å². The number of rotatable bonds is 3. The van der Waals surface area contributed by atoms with E-state index in [1.807, 2.05) is 13.8 Å². The molecule has 1 N–H and O–H groups in total. The molecule has 14 heavy (non-hydrogen) atoms. The second-order valence-corrected chi connectivity index (χ2v) is 3.76. The molecule has 1 amide bonds. The fourth-order valence-corrected chi connectivity index (χ4v) is 0.884. The summed E-state index contributed by atoms with van der Waals surface area (Å²) in [7, 11) is 0. The van der Waals surface area contributed by atoms with Gasteiger partial charge in [0, 0.05) is 18.4 Å². The van der Waals surface area contributed by atoms with Crippen LogP contribution in [0.15, 0.2) is 18.7 Å². The lowest BCUT2D eigenvalue weighted by atomic mass is 10.2. The zero-order valence-corrected chi connectivity index (χ0v) is 8.82. The molecule has 0 aliphatic rings. The zero-order valence-electron chi connectivity index (χ0n) is 8.07. The molecular formula is C9H12ClN3O. The number of hydrogen-bond donors (Lipinski definition) is 1. The van der Waals surface area contributed by atoms with Gasteiger partial charge in [0.1, 0.15) is 6.33 Å². The van der Waals surface area contributed by atoms with Crippen LogP contribution in [-0.4, -0.2) is 27.3 Å². The number of amides is 1. The van der Waals surface area contributed by atoms with Crippen molar-refractivity contribution < 1.29 is 4.79 Å². The second kappa shape index (κ2) is 4.91. The van der Waals surface area contributed by atoms with Gasteiger partial charge in [-0.2, -0.15) is 0 Å². The Bertz CT molecular complexity index is 302. The summed E-state index contributed by atoms with van der Waals surface area (Å²) in [5.41, 5.74) is 0.441. The lowest BCUT2D eigenvalue weighted by molar-refractivity contribution is 0.0939. The fraction of sp³-hybridized carbons (Fsp3) is 0.444. The van der Waals surface area contributed by atoms with E-state index in [0.717, 1.165) is 0 Å². The van der Waals surface area contributed by atoms with Crippen molar-refractivity contribution in [3.63, 3.8) is 0 Å². The van der Waals surface area contributed by atoms with Crippen LogP contribution >= 0.6 is 11.6 Å².